The molecule has 5 nitrogen and oxygen atoms in total. The third-order valence-corrected chi connectivity index (χ3v) is 4.86. The number of likely N-dealkylation sites (tertiary alicyclic amines) is 1. The summed E-state index contributed by atoms with van der Waals surface area (Å²) in [6.45, 7) is 6.24. The van der Waals surface area contributed by atoms with Crippen LogP contribution in [0.4, 0.5) is 4.79 Å². The maximum atomic E-state index is 12.2. The molecule has 0 aliphatic carbocycles. The highest BCUT2D eigenvalue weighted by molar-refractivity contribution is 7.08. The molecule has 0 radical (unpaired) electrons. The van der Waals surface area contributed by atoms with Gasteiger partial charge in [0.2, 0.25) is 0 Å². The number of aryl methyl sites for hydroxylation is 2. The molecule has 0 saturated carbocycles. The Labute approximate surface area is 128 Å². The summed E-state index contributed by atoms with van der Waals surface area (Å²) in [6, 6.07) is 0.319. The van der Waals surface area contributed by atoms with E-state index in [1.54, 1.807) is 11.3 Å². The van der Waals surface area contributed by atoms with E-state index in [9.17, 15) is 4.79 Å². The largest absolute Gasteiger partial charge is 0.334 e. The quantitative estimate of drug-likeness (QED) is 0.948. The van der Waals surface area contributed by atoms with E-state index in [-0.39, 0.29) is 6.03 Å². The summed E-state index contributed by atoms with van der Waals surface area (Å²) in [5.74, 6) is 0. The Bertz CT molecular complexity index is 633. The Hall–Kier alpha value is -1.82. The summed E-state index contributed by atoms with van der Waals surface area (Å²) in [7, 11) is 0. The zero-order valence-corrected chi connectivity index (χ0v) is 13.2. The molecular weight excluding hydrogens is 284 g/mol. The van der Waals surface area contributed by atoms with Gasteiger partial charge in [-0.1, -0.05) is 0 Å². The number of thiophene rings is 1. The highest BCUT2D eigenvalue weighted by Crippen LogP contribution is 2.21. The van der Waals surface area contributed by atoms with Crippen molar-refractivity contribution >= 4 is 17.4 Å². The van der Waals surface area contributed by atoms with E-state index < -0.39 is 0 Å². The molecular formula is C15H20N4OS. The number of aromatic nitrogens is 2. The van der Waals surface area contributed by atoms with Crippen LogP contribution < -0.4 is 5.32 Å². The summed E-state index contributed by atoms with van der Waals surface area (Å²) in [5.41, 5.74) is 3.60. The Balaban J connectivity index is 1.53. The van der Waals surface area contributed by atoms with Gasteiger partial charge in [-0.3, -0.25) is 4.68 Å². The molecule has 112 valence electrons. The summed E-state index contributed by atoms with van der Waals surface area (Å²) < 4.78 is 1.98. The maximum absolute atomic E-state index is 12.2. The van der Waals surface area contributed by atoms with Gasteiger partial charge in [-0.25, -0.2) is 4.79 Å². The molecule has 1 aliphatic heterocycles. The maximum Gasteiger partial charge on any atom is 0.317 e. The molecule has 2 aromatic heterocycles. The number of carbonyl (C=O) groups excluding carboxylic acids is 1. The molecule has 1 aliphatic rings. The van der Waals surface area contributed by atoms with Gasteiger partial charge in [0, 0.05) is 25.8 Å². The first kappa shape index (κ1) is 14.1. The predicted octanol–water partition coefficient (Wildman–Crippen LogP) is 2.72. The number of nitrogens with one attached hydrogen (secondary N) is 1. The highest BCUT2D eigenvalue weighted by atomic mass is 32.1. The molecule has 1 N–H and O–H groups in total. The van der Waals surface area contributed by atoms with Gasteiger partial charge in [-0.05, 0) is 47.7 Å². The van der Waals surface area contributed by atoms with Crippen LogP contribution in [0, 0.1) is 13.8 Å². The van der Waals surface area contributed by atoms with Crippen molar-refractivity contribution in [1.29, 1.82) is 0 Å². The smallest absolute Gasteiger partial charge is 0.317 e. The fourth-order valence-corrected chi connectivity index (χ4v) is 3.48. The first-order valence-electron chi connectivity index (χ1n) is 7.18. The van der Waals surface area contributed by atoms with Gasteiger partial charge in [0.15, 0.2) is 0 Å². The molecule has 6 heteroatoms. The minimum absolute atomic E-state index is 0.0204. The van der Waals surface area contributed by atoms with Crippen molar-refractivity contribution in [2.45, 2.75) is 32.9 Å². The zero-order valence-electron chi connectivity index (χ0n) is 12.4. The summed E-state index contributed by atoms with van der Waals surface area (Å²) in [5, 5.41) is 11.6. The molecule has 21 heavy (non-hydrogen) atoms. The molecule has 1 atom stereocenters. The van der Waals surface area contributed by atoms with E-state index in [0.29, 0.717) is 12.6 Å². The number of amides is 2. The molecule has 3 heterocycles. The van der Waals surface area contributed by atoms with Gasteiger partial charge in [-0.2, -0.15) is 16.4 Å². The van der Waals surface area contributed by atoms with Crippen LogP contribution in [0.3, 0.4) is 0 Å². The number of carbonyl (C=O) groups is 1. The lowest BCUT2D eigenvalue weighted by atomic mass is 10.2. The average molecular weight is 304 g/mol. The molecule has 3 rings (SSSR count). The normalized spacial score (nSPS) is 18.2. The number of hydrogen-bond acceptors (Lipinski definition) is 3. The lowest BCUT2D eigenvalue weighted by Crippen LogP contribution is -2.38. The molecule has 2 amide bonds. The molecule has 0 bridgehead atoms. The average Bonchev–Trinajstić information content (AvgIpc) is 3.16. The van der Waals surface area contributed by atoms with Crippen molar-refractivity contribution in [3.05, 3.63) is 39.8 Å². The Morgan fingerprint density at radius 3 is 3.00 bits per heavy atom. The minimum atomic E-state index is 0.0204. The van der Waals surface area contributed by atoms with E-state index in [1.165, 1.54) is 11.1 Å². The molecule has 2 aromatic rings. The topological polar surface area (TPSA) is 50.2 Å². The van der Waals surface area contributed by atoms with E-state index in [2.05, 4.69) is 28.1 Å². The van der Waals surface area contributed by atoms with Crippen LogP contribution in [0.2, 0.25) is 0 Å². The Morgan fingerprint density at radius 2 is 2.33 bits per heavy atom. The molecule has 1 saturated heterocycles. The van der Waals surface area contributed by atoms with E-state index in [4.69, 9.17) is 0 Å². The fraction of sp³-hybridized carbons (Fsp3) is 0.467. The van der Waals surface area contributed by atoms with E-state index in [1.807, 2.05) is 28.9 Å². The number of rotatable bonds is 3. The Kier molecular flexibility index (Phi) is 3.96. The van der Waals surface area contributed by atoms with Crippen LogP contribution in [-0.4, -0.2) is 33.8 Å². The van der Waals surface area contributed by atoms with Crippen LogP contribution >= 0.6 is 11.3 Å². The van der Waals surface area contributed by atoms with E-state index >= 15 is 0 Å². The van der Waals surface area contributed by atoms with Crippen molar-refractivity contribution in [2.24, 2.45) is 0 Å². The van der Waals surface area contributed by atoms with Crippen LogP contribution in [0.1, 0.15) is 29.2 Å². The summed E-state index contributed by atoms with van der Waals surface area (Å²) in [4.78, 5) is 14.1. The monoisotopic (exact) mass is 304 g/mol. The van der Waals surface area contributed by atoms with Gasteiger partial charge in [0.25, 0.3) is 0 Å². The van der Waals surface area contributed by atoms with Crippen molar-refractivity contribution in [2.75, 3.05) is 13.1 Å². The lowest BCUT2D eigenvalue weighted by Gasteiger charge is -2.17. The van der Waals surface area contributed by atoms with Crippen molar-refractivity contribution in [1.82, 2.24) is 20.0 Å². The second kappa shape index (κ2) is 5.89. The summed E-state index contributed by atoms with van der Waals surface area (Å²) >= 11 is 1.67. The van der Waals surface area contributed by atoms with Gasteiger partial charge in [-0.15, -0.1) is 0 Å². The minimum Gasteiger partial charge on any atom is -0.334 e. The Morgan fingerprint density at radius 1 is 1.48 bits per heavy atom. The standard InChI is InChI=1S/C15H20N4OS/c1-11-5-17-19(7-11)14-3-4-18(8-14)15(20)16-6-13-10-21-9-12(13)2/h5,7,9-10,14H,3-4,6,8H2,1-2H3,(H,16,20). The third kappa shape index (κ3) is 3.10. The van der Waals surface area contributed by atoms with Crippen LogP contribution in [0.5, 0.6) is 0 Å². The van der Waals surface area contributed by atoms with Gasteiger partial charge in [0.05, 0.1) is 12.2 Å². The predicted molar refractivity (Wildman–Crippen MR) is 83.5 cm³/mol. The van der Waals surface area contributed by atoms with Gasteiger partial charge in [0.1, 0.15) is 0 Å². The first-order chi connectivity index (χ1) is 10.1. The fourth-order valence-electron chi connectivity index (χ4n) is 2.63. The van der Waals surface area contributed by atoms with Crippen LogP contribution in [0.25, 0.3) is 0 Å². The van der Waals surface area contributed by atoms with Gasteiger partial charge < -0.3 is 10.2 Å². The second-order valence-electron chi connectivity index (χ2n) is 5.62. The molecule has 1 unspecified atom stereocenters. The van der Waals surface area contributed by atoms with Gasteiger partial charge >= 0.3 is 6.03 Å². The SMILES string of the molecule is Cc1cnn(C2CCN(C(=O)NCc3cscc3C)C2)c1. The number of nitrogens with zero attached hydrogens (tertiary/aromatic N) is 3. The second-order valence-corrected chi connectivity index (χ2v) is 6.37. The molecule has 0 aromatic carbocycles. The van der Waals surface area contributed by atoms with Crippen molar-refractivity contribution < 1.29 is 4.79 Å². The number of urea groups is 1. The molecule has 1 fully saturated rings. The van der Waals surface area contributed by atoms with Crippen molar-refractivity contribution in [3.8, 4) is 0 Å². The van der Waals surface area contributed by atoms with Crippen molar-refractivity contribution in [3.63, 3.8) is 0 Å². The summed E-state index contributed by atoms with van der Waals surface area (Å²) in [6.07, 6.45) is 4.87. The van der Waals surface area contributed by atoms with Crippen LogP contribution in [-0.2, 0) is 6.54 Å². The van der Waals surface area contributed by atoms with Crippen LogP contribution in [0.15, 0.2) is 23.2 Å². The highest BCUT2D eigenvalue weighted by Gasteiger charge is 2.27. The first-order valence-corrected chi connectivity index (χ1v) is 8.13. The number of hydrogen-bond donors (Lipinski definition) is 1. The van der Waals surface area contributed by atoms with E-state index in [0.717, 1.165) is 25.1 Å². The zero-order chi connectivity index (χ0) is 14.8. The molecule has 0 spiro atoms. The lowest BCUT2D eigenvalue weighted by molar-refractivity contribution is 0.206. The third-order valence-electron chi connectivity index (χ3n) is 3.95.